The molecule has 2 aliphatic carbocycles. The summed E-state index contributed by atoms with van der Waals surface area (Å²) < 4.78 is 5.75. The van der Waals surface area contributed by atoms with E-state index >= 15 is 0 Å². The summed E-state index contributed by atoms with van der Waals surface area (Å²) in [4.78, 5) is 0. The lowest BCUT2D eigenvalue weighted by molar-refractivity contribution is 0.255. The van der Waals surface area contributed by atoms with Gasteiger partial charge in [0, 0.05) is 11.0 Å². The van der Waals surface area contributed by atoms with E-state index in [0.29, 0.717) is 0 Å². The van der Waals surface area contributed by atoms with Crippen LogP contribution >= 0.6 is 0 Å². The Labute approximate surface area is 157 Å². The molecule has 2 nitrogen and oxygen atoms in total. The first kappa shape index (κ1) is 17.6. The number of fused-ring (bicyclic) bond motifs is 1. The fourth-order valence-electron chi connectivity index (χ4n) is 4.40. The summed E-state index contributed by atoms with van der Waals surface area (Å²) in [6.45, 7) is 7.11. The normalized spacial score (nSPS) is 17.9. The monoisotopic (exact) mass is 350 g/mol. The third kappa shape index (κ3) is 2.85. The molecule has 138 valence electrons. The molecule has 0 radical (unpaired) electrons. The van der Waals surface area contributed by atoms with E-state index in [9.17, 15) is 5.11 Å². The molecule has 1 saturated carbocycles. The number of ether oxygens (including phenoxy) is 1. The van der Waals surface area contributed by atoms with Crippen LogP contribution < -0.4 is 4.74 Å². The number of aliphatic hydroxyl groups excluding tert-OH is 1. The Balaban J connectivity index is 1.93. The maximum absolute atomic E-state index is 9.88. The molecular weight excluding hydrogens is 320 g/mol. The Morgan fingerprint density at radius 1 is 1.00 bits per heavy atom. The molecule has 0 bridgehead atoms. The zero-order valence-electron chi connectivity index (χ0n) is 16.5. The summed E-state index contributed by atoms with van der Waals surface area (Å²) in [6.07, 6.45) is 5.78. The molecule has 2 aromatic rings. The van der Waals surface area contributed by atoms with Gasteiger partial charge in [0.25, 0.3) is 0 Å². The predicted molar refractivity (Wildman–Crippen MR) is 107 cm³/mol. The van der Waals surface area contributed by atoms with Crippen molar-refractivity contribution in [1.29, 1.82) is 0 Å². The number of aryl methyl sites for hydroxylation is 2. The van der Waals surface area contributed by atoms with Gasteiger partial charge in [-0.05, 0) is 77.5 Å². The van der Waals surface area contributed by atoms with Gasteiger partial charge in [0.05, 0.1) is 13.7 Å². The lowest BCUT2D eigenvalue weighted by atomic mass is 9.79. The zero-order chi connectivity index (χ0) is 18.5. The maximum atomic E-state index is 9.88. The molecule has 2 heteroatoms. The molecular formula is C24H30O2. The van der Waals surface area contributed by atoms with E-state index in [-0.39, 0.29) is 17.4 Å². The first-order valence-electron chi connectivity index (χ1n) is 9.84. The van der Waals surface area contributed by atoms with Gasteiger partial charge in [-0.25, -0.2) is 0 Å². The Kier molecular flexibility index (Phi) is 4.15. The van der Waals surface area contributed by atoms with Gasteiger partial charge in [0.15, 0.2) is 0 Å². The van der Waals surface area contributed by atoms with Crippen molar-refractivity contribution in [2.75, 3.05) is 13.7 Å². The Hall–Kier alpha value is -1.80. The summed E-state index contributed by atoms with van der Waals surface area (Å²) in [6, 6.07) is 11.3. The number of benzene rings is 2. The smallest absolute Gasteiger partial charge is 0.126 e. The van der Waals surface area contributed by atoms with E-state index in [1.165, 1.54) is 52.6 Å². The number of aliphatic hydroxyl groups is 1. The van der Waals surface area contributed by atoms with E-state index in [1.807, 2.05) is 0 Å². The molecule has 0 atom stereocenters. The van der Waals surface area contributed by atoms with Gasteiger partial charge >= 0.3 is 0 Å². The zero-order valence-corrected chi connectivity index (χ0v) is 16.5. The number of rotatable bonds is 4. The van der Waals surface area contributed by atoms with E-state index < -0.39 is 0 Å². The van der Waals surface area contributed by atoms with E-state index in [2.05, 4.69) is 51.1 Å². The highest BCUT2D eigenvalue weighted by Gasteiger charge is 2.44. The van der Waals surface area contributed by atoms with E-state index in [4.69, 9.17) is 4.74 Å². The second-order valence-electron chi connectivity index (χ2n) is 9.12. The molecule has 0 unspecified atom stereocenters. The standard InChI is InChI=1S/C24H30O2/c1-23(2,3)21-13-17-7-5-6-16(17)12-19(21)20-14-18(8-9-22(20)26-4)24(15-25)10-11-24/h8-9,12-14,25H,5-7,10-11,15H2,1-4H3. The van der Waals surface area contributed by atoms with Crippen LogP contribution in [0.4, 0.5) is 0 Å². The third-order valence-corrected chi connectivity index (χ3v) is 6.30. The SMILES string of the molecule is COc1ccc(C2(CO)CC2)cc1-c1cc2c(cc1C(C)(C)C)CCC2. The highest BCUT2D eigenvalue weighted by atomic mass is 16.5. The molecule has 0 aromatic heterocycles. The maximum Gasteiger partial charge on any atom is 0.126 e. The second-order valence-corrected chi connectivity index (χ2v) is 9.12. The molecule has 2 aliphatic rings. The molecule has 1 N–H and O–H groups in total. The van der Waals surface area contributed by atoms with Crippen LogP contribution in [0.3, 0.4) is 0 Å². The quantitative estimate of drug-likeness (QED) is 0.824. The van der Waals surface area contributed by atoms with Crippen molar-refractivity contribution >= 4 is 0 Å². The molecule has 0 saturated heterocycles. The topological polar surface area (TPSA) is 29.5 Å². The van der Waals surface area contributed by atoms with Crippen LogP contribution in [0.2, 0.25) is 0 Å². The Morgan fingerprint density at radius 2 is 1.69 bits per heavy atom. The van der Waals surface area contributed by atoms with Gasteiger partial charge in [-0.3, -0.25) is 0 Å². The Morgan fingerprint density at radius 3 is 2.27 bits per heavy atom. The average Bonchev–Trinajstić information content (AvgIpc) is 3.29. The molecule has 0 amide bonds. The van der Waals surface area contributed by atoms with Gasteiger partial charge in [-0.1, -0.05) is 39.0 Å². The number of methoxy groups -OCH3 is 1. The van der Waals surface area contributed by atoms with Gasteiger partial charge in [-0.15, -0.1) is 0 Å². The van der Waals surface area contributed by atoms with Crippen molar-refractivity contribution in [3.8, 4) is 16.9 Å². The predicted octanol–water partition coefficient (Wildman–Crippen LogP) is 5.17. The average molecular weight is 351 g/mol. The number of hydrogen-bond donors (Lipinski definition) is 1. The molecule has 26 heavy (non-hydrogen) atoms. The largest absolute Gasteiger partial charge is 0.496 e. The summed E-state index contributed by atoms with van der Waals surface area (Å²) in [5.74, 6) is 0.922. The van der Waals surface area contributed by atoms with Crippen molar-refractivity contribution in [1.82, 2.24) is 0 Å². The minimum atomic E-state index is -0.0281. The molecule has 2 aromatic carbocycles. The van der Waals surface area contributed by atoms with Crippen molar-refractivity contribution in [3.05, 3.63) is 52.6 Å². The van der Waals surface area contributed by atoms with Gasteiger partial charge < -0.3 is 9.84 Å². The van der Waals surface area contributed by atoms with Crippen LogP contribution in [-0.2, 0) is 23.7 Å². The molecule has 4 rings (SSSR count). The lowest BCUT2D eigenvalue weighted by Gasteiger charge is -2.26. The van der Waals surface area contributed by atoms with Gasteiger partial charge in [0.2, 0.25) is 0 Å². The number of hydrogen-bond acceptors (Lipinski definition) is 2. The van der Waals surface area contributed by atoms with Crippen LogP contribution in [0.15, 0.2) is 30.3 Å². The summed E-state index contributed by atoms with van der Waals surface area (Å²) in [5, 5.41) is 9.88. The second kappa shape index (κ2) is 6.13. The molecule has 0 heterocycles. The molecule has 0 aliphatic heterocycles. The molecule has 1 fully saturated rings. The van der Waals surface area contributed by atoms with Gasteiger partial charge in [-0.2, -0.15) is 0 Å². The van der Waals surface area contributed by atoms with E-state index in [1.54, 1.807) is 7.11 Å². The van der Waals surface area contributed by atoms with Crippen LogP contribution in [0, 0.1) is 0 Å². The van der Waals surface area contributed by atoms with Crippen molar-refractivity contribution in [2.45, 2.75) is 63.7 Å². The fraction of sp³-hybridized carbons (Fsp3) is 0.500. The van der Waals surface area contributed by atoms with Gasteiger partial charge in [0.1, 0.15) is 5.75 Å². The van der Waals surface area contributed by atoms with Crippen LogP contribution in [-0.4, -0.2) is 18.8 Å². The van der Waals surface area contributed by atoms with Crippen molar-refractivity contribution in [2.24, 2.45) is 0 Å². The first-order chi connectivity index (χ1) is 12.4. The van der Waals surface area contributed by atoms with Crippen molar-refractivity contribution in [3.63, 3.8) is 0 Å². The lowest BCUT2D eigenvalue weighted by Crippen LogP contribution is -2.15. The minimum absolute atomic E-state index is 0.0281. The van der Waals surface area contributed by atoms with Crippen LogP contribution in [0.25, 0.3) is 11.1 Å². The summed E-state index contributed by atoms with van der Waals surface area (Å²) in [5.41, 5.74) is 8.15. The Bertz CT molecular complexity index is 838. The van der Waals surface area contributed by atoms with Crippen LogP contribution in [0.1, 0.15) is 62.3 Å². The van der Waals surface area contributed by atoms with E-state index in [0.717, 1.165) is 18.6 Å². The first-order valence-corrected chi connectivity index (χ1v) is 9.84. The minimum Gasteiger partial charge on any atom is -0.496 e. The summed E-state index contributed by atoms with van der Waals surface area (Å²) in [7, 11) is 1.75. The highest BCUT2D eigenvalue weighted by Crippen LogP contribution is 2.50. The third-order valence-electron chi connectivity index (χ3n) is 6.30. The summed E-state index contributed by atoms with van der Waals surface area (Å²) >= 11 is 0. The fourth-order valence-corrected chi connectivity index (χ4v) is 4.40. The van der Waals surface area contributed by atoms with Crippen molar-refractivity contribution < 1.29 is 9.84 Å². The molecule has 0 spiro atoms. The highest BCUT2D eigenvalue weighted by molar-refractivity contribution is 5.77. The van der Waals surface area contributed by atoms with Crippen LogP contribution in [0.5, 0.6) is 5.75 Å².